The van der Waals surface area contributed by atoms with Crippen molar-refractivity contribution in [2.45, 2.75) is 58.2 Å². The number of carbonyl (C=O) groups excluding carboxylic acids is 1. The molecule has 3 atom stereocenters. The summed E-state index contributed by atoms with van der Waals surface area (Å²) in [5, 5.41) is 9.41. The monoisotopic (exact) mass is 200 g/mol. The Balaban J connectivity index is 2.36. The van der Waals surface area contributed by atoms with Gasteiger partial charge in [0, 0.05) is 0 Å². The normalized spacial score (nSPS) is 29.6. The number of aliphatic hydroxyl groups excluding tert-OH is 1. The number of hydrogen-bond donors (Lipinski definition) is 1. The van der Waals surface area contributed by atoms with Crippen LogP contribution in [0.25, 0.3) is 0 Å². The van der Waals surface area contributed by atoms with E-state index in [-0.39, 0.29) is 24.1 Å². The highest BCUT2D eigenvalue weighted by atomic mass is 16.5. The van der Waals surface area contributed by atoms with Gasteiger partial charge in [0.15, 0.2) is 0 Å². The summed E-state index contributed by atoms with van der Waals surface area (Å²) in [5.41, 5.74) is 0. The molecule has 3 heteroatoms. The van der Waals surface area contributed by atoms with Gasteiger partial charge in [-0.2, -0.15) is 0 Å². The highest BCUT2D eigenvalue weighted by molar-refractivity contribution is 5.72. The van der Waals surface area contributed by atoms with Crippen molar-refractivity contribution in [3.63, 3.8) is 0 Å². The first-order valence-electron chi connectivity index (χ1n) is 5.52. The number of aliphatic hydroxyl groups is 1. The zero-order valence-electron chi connectivity index (χ0n) is 9.03. The van der Waals surface area contributed by atoms with E-state index in [1.807, 2.05) is 13.8 Å². The number of rotatable bonds is 3. The van der Waals surface area contributed by atoms with Crippen molar-refractivity contribution >= 4 is 5.97 Å². The van der Waals surface area contributed by atoms with Gasteiger partial charge in [-0.3, -0.25) is 4.79 Å². The molecule has 0 spiro atoms. The molecule has 0 aromatic carbocycles. The summed E-state index contributed by atoms with van der Waals surface area (Å²) in [7, 11) is 0. The molecular formula is C11H20O3. The Hall–Kier alpha value is -0.570. The van der Waals surface area contributed by atoms with E-state index in [9.17, 15) is 9.90 Å². The summed E-state index contributed by atoms with van der Waals surface area (Å²) < 4.78 is 5.24. The molecule has 1 unspecified atom stereocenters. The topological polar surface area (TPSA) is 46.5 Å². The maximum Gasteiger partial charge on any atom is 0.309 e. The summed E-state index contributed by atoms with van der Waals surface area (Å²) in [6, 6.07) is 0. The quantitative estimate of drug-likeness (QED) is 0.707. The molecule has 1 N–H and O–H groups in total. The molecule has 14 heavy (non-hydrogen) atoms. The van der Waals surface area contributed by atoms with Crippen molar-refractivity contribution in [1.82, 2.24) is 0 Å². The molecule has 1 rings (SSSR count). The summed E-state index contributed by atoms with van der Waals surface area (Å²) >= 11 is 0. The van der Waals surface area contributed by atoms with Gasteiger partial charge in [0.2, 0.25) is 0 Å². The van der Waals surface area contributed by atoms with Crippen LogP contribution in [0.3, 0.4) is 0 Å². The SMILES string of the molecule is CCC(C)OC(=O)[C@H]1CCC[C@@H](O)C1. The van der Waals surface area contributed by atoms with Crippen molar-refractivity contribution < 1.29 is 14.6 Å². The van der Waals surface area contributed by atoms with E-state index in [1.54, 1.807) is 0 Å². The van der Waals surface area contributed by atoms with Gasteiger partial charge in [-0.1, -0.05) is 13.3 Å². The van der Waals surface area contributed by atoms with Gasteiger partial charge in [0.05, 0.1) is 18.1 Å². The zero-order chi connectivity index (χ0) is 10.6. The van der Waals surface area contributed by atoms with Crippen LogP contribution in [-0.4, -0.2) is 23.3 Å². The summed E-state index contributed by atoms with van der Waals surface area (Å²) in [4.78, 5) is 11.6. The lowest BCUT2D eigenvalue weighted by Crippen LogP contribution is -2.29. The fraction of sp³-hybridized carbons (Fsp3) is 0.909. The third-order valence-corrected chi connectivity index (χ3v) is 2.87. The molecular weight excluding hydrogens is 180 g/mol. The lowest BCUT2D eigenvalue weighted by molar-refractivity contribution is -0.155. The molecule has 0 bridgehead atoms. The van der Waals surface area contributed by atoms with E-state index in [0.717, 1.165) is 25.7 Å². The van der Waals surface area contributed by atoms with Gasteiger partial charge < -0.3 is 9.84 Å². The fourth-order valence-electron chi connectivity index (χ4n) is 1.76. The van der Waals surface area contributed by atoms with Gasteiger partial charge in [-0.15, -0.1) is 0 Å². The maximum atomic E-state index is 11.6. The third-order valence-electron chi connectivity index (χ3n) is 2.87. The first kappa shape index (κ1) is 11.5. The Bertz CT molecular complexity index is 191. The molecule has 0 saturated heterocycles. The summed E-state index contributed by atoms with van der Waals surface area (Å²) in [6.07, 6.45) is 3.75. The van der Waals surface area contributed by atoms with Crippen LogP contribution in [0.5, 0.6) is 0 Å². The second-order valence-electron chi connectivity index (χ2n) is 4.17. The summed E-state index contributed by atoms with van der Waals surface area (Å²) in [5.74, 6) is -0.203. The largest absolute Gasteiger partial charge is 0.462 e. The van der Waals surface area contributed by atoms with Crippen molar-refractivity contribution in [2.75, 3.05) is 0 Å². The number of carbonyl (C=O) groups is 1. The molecule has 3 nitrogen and oxygen atoms in total. The molecule has 0 aliphatic heterocycles. The van der Waals surface area contributed by atoms with E-state index in [4.69, 9.17) is 4.74 Å². The fourth-order valence-corrected chi connectivity index (χ4v) is 1.76. The lowest BCUT2D eigenvalue weighted by atomic mass is 9.87. The molecule has 1 aliphatic carbocycles. The smallest absolute Gasteiger partial charge is 0.309 e. The van der Waals surface area contributed by atoms with Gasteiger partial charge in [0.25, 0.3) is 0 Å². The van der Waals surface area contributed by atoms with Gasteiger partial charge in [0.1, 0.15) is 0 Å². The molecule has 1 saturated carbocycles. The predicted molar refractivity (Wildman–Crippen MR) is 53.8 cm³/mol. The number of ether oxygens (including phenoxy) is 1. The van der Waals surface area contributed by atoms with Crippen LogP contribution in [0, 0.1) is 5.92 Å². The van der Waals surface area contributed by atoms with Crippen molar-refractivity contribution in [3.05, 3.63) is 0 Å². The molecule has 82 valence electrons. The number of hydrogen-bond acceptors (Lipinski definition) is 3. The first-order chi connectivity index (χ1) is 6.63. The highest BCUT2D eigenvalue weighted by Gasteiger charge is 2.27. The van der Waals surface area contributed by atoms with Gasteiger partial charge in [-0.25, -0.2) is 0 Å². The number of esters is 1. The maximum absolute atomic E-state index is 11.6. The minimum atomic E-state index is -0.307. The van der Waals surface area contributed by atoms with Crippen molar-refractivity contribution in [2.24, 2.45) is 5.92 Å². The van der Waals surface area contributed by atoms with Crippen molar-refractivity contribution in [3.8, 4) is 0 Å². The molecule has 1 fully saturated rings. The summed E-state index contributed by atoms with van der Waals surface area (Å²) in [6.45, 7) is 3.89. The van der Waals surface area contributed by atoms with E-state index in [2.05, 4.69) is 0 Å². The van der Waals surface area contributed by atoms with Crippen LogP contribution in [0.1, 0.15) is 46.0 Å². The van der Waals surface area contributed by atoms with Crippen LogP contribution in [0.4, 0.5) is 0 Å². The van der Waals surface area contributed by atoms with Crippen LogP contribution in [0.15, 0.2) is 0 Å². The van der Waals surface area contributed by atoms with E-state index in [0.29, 0.717) is 6.42 Å². The Labute approximate surface area is 85.5 Å². The molecule has 0 heterocycles. The zero-order valence-corrected chi connectivity index (χ0v) is 9.03. The molecule has 0 radical (unpaired) electrons. The minimum Gasteiger partial charge on any atom is -0.462 e. The Morgan fingerprint density at radius 1 is 1.57 bits per heavy atom. The Morgan fingerprint density at radius 2 is 2.29 bits per heavy atom. The second-order valence-corrected chi connectivity index (χ2v) is 4.17. The minimum absolute atomic E-state index is 0.00145. The Kier molecular flexibility index (Phi) is 4.39. The standard InChI is InChI=1S/C11H20O3/c1-3-8(2)14-11(13)9-5-4-6-10(12)7-9/h8-10,12H,3-7H2,1-2H3/t8?,9-,10+/m0/s1. The molecule has 0 aromatic heterocycles. The van der Waals surface area contributed by atoms with Crippen LogP contribution in [-0.2, 0) is 9.53 Å². The molecule has 1 aliphatic rings. The molecule has 0 aromatic rings. The van der Waals surface area contributed by atoms with E-state index in [1.165, 1.54) is 0 Å². The van der Waals surface area contributed by atoms with Crippen molar-refractivity contribution in [1.29, 1.82) is 0 Å². The van der Waals surface area contributed by atoms with Crippen LogP contribution in [0.2, 0.25) is 0 Å². The van der Waals surface area contributed by atoms with Crippen LogP contribution < -0.4 is 0 Å². The average molecular weight is 200 g/mol. The van der Waals surface area contributed by atoms with Gasteiger partial charge in [-0.05, 0) is 32.6 Å². The van der Waals surface area contributed by atoms with Crippen LogP contribution >= 0.6 is 0 Å². The second kappa shape index (κ2) is 5.35. The van der Waals surface area contributed by atoms with E-state index >= 15 is 0 Å². The predicted octanol–water partition coefficient (Wildman–Crippen LogP) is 1.88. The van der Waals surface area contributed by atoms with Gasteiger partial charge >= 0.3 is 5.97 Å². The highest BCUT2D eigenvalue weighted by Crippen LogP contribution is 2.25. The Morgan fingerprint density at radius 3 is 2.86 bits per heavy atom. The average Bonchev–Trinajstić information content (AvgIpc) is 2.17. The lowest BCUT2D eigenvalue weighted by Gasteiger charge is -2.25. The molecule has 0 amide bonds. The van der Waals surface area contributed by atoms with E-state index < -0.39 is 0 Å². The first-order valence-corrected chi connectivity index (χ1v) is 5.52. The third kappa shape index (κ3) is 3.29.